The van der Waals surface area contributed by atoms with Crippen molar-refractivity contribution in [3.8, 4) is 18.1 Å². The number of carbonyl (C=O) groups is 1. The Balaban J connectivity index is 1.62. The van der Waals surface area contributed by atoms with E-state index in [1.165, 1.54) is 24.9 Å². The van der Waals surface area contributed by atoms with Gasteiger partial charge in [-0.2, -0.15) is 0 Å². The van der Waals surface area contributed by atoms with Gasteiger partial charge < -0.3 is 28.5 Å². The van der Waals surface area contributed by atoms with Gasteiger partial charge in [0.2, 0.25) is 5.67 Å². The lowest BCUT2D eigenvalue weighted by Gasteiger charge is -2.27. The number of nitrogens with one attached hydrogen (secondary N) is 1. The molecule has 0 aliphatic carbocycles. The molecule has 1 aliphatic rings. The van der Waals surface area contributed by atoms with Gasteiger partial charge in [-0.15, -0.1) is 6.42 Å². The number of benzene rings is 1. The Bertz CT molecular complexity index is 1470. The Morgan fingerprint density at radius 3 is 2.73 bits per heavy atom. The molecular formula is C25H30FN6O6PS. The van der Waals surface area contributed by atoms with Crippen molar-refractivity contribution in [1.82, 2.24) is 24.6 Å². The van der Waals surface area contributed by atoms with Gasteiger partial charge in [-0.25, -0.2) is 24.4 Å². The molecule has 3 heterocycles. The van der Waals surface area contributed by atoms with Crippen molar-refractivity contribution in [3.63, 3.8) is 0 Å². The van der Waals surface area contributed by atoms with E-state index < -0.39 is 49.4 Å². The first-order valence-corrected chi connectivity index (χ1v) is 14.8. The predicted octanol–water partition coefficient (Wildman–Crippen LogP) is 2.27. The van der Waals surface area contributed by atoms with Crippen LogP contribution in [0.4, 0.5) is 10.2 Å². The van der Waals surface area contributed by atoms with Crippen molar-refractivity contribution < 1.29 is 32.8 Å². The van der Waals surface area contributed by atoms with E-state index in [0.29, 0.717) is 22.9 Å². The quantitative estimate of drug-likeness (QED) is 0.203. The molecule has 4 rings (SSSR count). The molecule has 1 fully saturated rings. The molecule has 6 atom stereocenters. The fourth-order valence-corrected chi connectivity index (χ4v) is 6.57. The summed E-state index contributed by atoms with van der Waals surface area (Å²) in [5.74, 6) is 2.77. The monoisotopic (exact) mass is 592 g/mol. The highest BCUT2D eigenvalue weighted by Gasteiger charge is 2.58. The first-order valence-electron chi connectivity index (χ1n) is 12.2. The molecule has 12 nitrogen and oxygen atoms in total. The normalized spacial score (nSPS) is 24.7. The van der Waals surface area contributed by atoms with Gasteiger partial charge in [0.1, 0.15) is 29.8 Å². The highest BCUT2D eigenvalue weighted by Crippen LogP contribution is 2.48. The third kappa shape index (κ3) is 5.81. The highest BCUT2D eigenvalue weighted by molar-refractivity contribution is 8.09. The fraction of sp³-hybridized carbons (Fsp3) is 0.440. The zero-order valence-corrected chi connectivity index (χ0v) is 24.2. The van der Waals surface area contributed by atoms with Crippen LogP contribution in [0.1, 0.15) is 19.0 Å². The van der Waals surface area contributed by atoms with E-state index in [0.717, 1.165) is 0 Å². The van der Waals surface area contributed by atoms with Crippen LogP contribution in [0, 0.1) is 19.3 Å². The van der Waals surface area contributed by atoms with E-state index in [2.05, 4.69) is 20.0 Å². The second kappa shape index (κ2) is 11.7. The lowest BCUT2D eigenvalue weighted by Crippen LogP contribution is -2.42. The Hall–Kier alpha value is -3.18. The standard InChI is InChI=1S/C25H30FN6O6PS/c1-7-25(26)20(33)18(37-24(25)32-14-27-19-21(31(4)5)28-16(3)29-22(19)32)13-36-39(40,30-15(2)23(34)35-6)38-17-11-9-8-10-12-17/h1,8-12,14-15,18,20,24,33H,13H2,2-6H3,(H,30,40)/t15-,18+,20+,24+,25+,39+/m0/s1. The number of rotatable bonds is 10. The van der Waals surface area contributed by atoms with Gasteiger partial charge in [-0.05, 0) is 37.8 Å². The largest absolute Gasteiger partial charge is 0.468 e. The van der Waals surface area contributed by atoms with Crippen LogP contribution in [-0.4, -0.2) is 82.3 Å². The molecule has 40 heavy (non-hydrogen) atoms. The summed E-state index contributed by atoms with van der Waals surface area (Å²) in [5, 5.41) is 13.8. The van der Waals surface area contributed by atoms with Crippen LogP contribution in [0.25, 0.3) is 11.2 Å². The van der Waals surface area contributed by atoms with Crippen LogP contribution in [-0.2, 0) is 30.6 Å². The van der Waals surface area contributed by atoms with E-state index >= 15 is 4.39 Å². The lowest BCUT2D eigenvalue weighted by molar-refractivity contribution is -0.142. The van der Waals surface area contributed by atoms with E-state index in [4.69, 9.17) is 36.8 Å². The van der Waals surface area contributed by atoms with E-state index in [1.54, 1.807) is 56.3 Å². The van der Waals surface area contributed by atoms with Crippen LogP contribution in [0.5, 0.6) is 5.75 Å². The summed E-state index contributed by atoms with van der Waals surface area (Å²) in [4.78, 5) is 27.0. The number of ether oxygens (including phenoxy) is 2. The SMILES string of the molecule is C#C[C@@]1(F)[C@H](O)[C@@H](CO[P@](=S)(N[C@@H](C)C(=O)OC)Oc2ccccc2)O[C@H]1n1cnc2c(N(C)C)nc(C)nc21. The molecule has 3 aromatic rings. The van der Waals surface area contributed by atoms with Gasteiger partial charge in [-0.1, -0.05) is 24.1 Å². The smallest absolute Gasteiger partial charge is 0.323 e. The highest BCUT2D eigenvalue weighted by atomic mass is 32.5. The third-order valence-electron chi connectivity index (χ3n) is 6.14. The minimum absolute atomic E-state index is 0.276. The number of aromatic nitrogens is 4. The summed E-state index contributed by atoms with van der Waals surface area (Å²) >= 11 is 5.65. The molecule has 214 valence electrons. The molecule has 15 heteroatoms. The minimum atomic E-state index is -3.46. The van der Waals surface area contributed by atoms with Gasteiger partial charge in [0.25, 0.3) is 0 Å². The number of aryl methyl sites for hydroxylation is 1. The Labute approximate surface area is 236 Å². The molecular weight excluding hydrogens is 562 g/mol. The number of carbonyl (C=O) groups excluding carboxylic acids is 1. The first-order chi connectivity index (χ1) is 18.9. The number of hydrogen-bond donors (Lipinski definition) is 2. The molecule has 0 spiro atoms. The fourth-order valence-electron chi connectivity index (χ4n) is 4.15. The van der Waals surface area contributed by atoms with Gasteiger partial charge in [0.05, 0.1) is 20.0 Å². The summed E-state index contributed by atoms with van der Waals surface area (Å²) in [5.41, 5.74) is -1.99. The number of para-hydroxylation sites is 1. The van der Waals surface area contributed by atoms with E-state index in [1.807, 2.05) is 5.92 Å². The number of nitrogens with zero attached hydrogens (tertiary/aromatic N) is 5. The predicted molar refractivity (Wildman–Crippen MR) is 149 cm³/mol. The van der Waals surface area contributed by atoms with Gasteiger partial charge >= 0.3 is 12.6 Å². The van der Waals surface area contributed by atoms with Crippen molar-refractivity contribution >= 4 is 41.4 Å². The first kappa shape index (κ1) is 29.8. The molecule has 2 aromatic heterocycles. The zero-order valence-electron chi connectivity index (χ0n) is 22.5. The van der Waals surface area contributed by atoms with Crippen LogP contribution in [0.3, 0.4) is 0 Å². The Morgan fingerprint density at radius 2 is 2.10 bits per heavy atom. The van der Waals surface area contributed by atoms with E-state index in [9.17, 15) is 9.90 Å². The van der Waals surface area contributed by atoms with Crippen molar-refractivity contribution in [1.29, 1.82) is 0 Å². The molecule has 0 radical (unpaired) electrons. The average molecular weight is 593 g/mol. The van der Waals surface area contributed by atoms with Crippen LogP contribution >= 0.6 is 6.64 Å². The number of terminal acetylenes is 1. The minimum Gasteiger partial charge on any atom is -0.468 e. The Kier molecular flexibility index (Phi) is 8.75. The van der Waals surface area contributed by atoms with Crippen molar-refractivity contribution in [2.75, 3.05) is 32.7 Å². The number of aliphatic hydroxyl groups is 1. The Morgan fingerprint density at radius 1 is 1.40 bits per heavy atom. The number of esters is 1. The molecule has 1 saturated heterocycles. The summed E-state index contributed by atoms with van der Waals surface area (Å²) < 4.78 is 40.1. The summed E-state index contributed by atoms with van der Waals surface area (Å²) in [6.07, 6.45) is 2.35. The number of halogens is 1. The maximum Gasteiger partial charge on any atom is 0.323 e. The van der Waals surface area contributed by atoms with Gasteiger partial charge in [-0.3, -0.25) is 9.36 Å². The zero-order chi connectivity index (χ0) is 29.2. The second-order valence-corrected chi connectivity index (χ2v) is 12.4. The maximum atomic E-state index is 16.2. The number of alkyl halides is 1. The van der Waals surface area contributed by atoms with Crippen LogP contribution in [0.15, 0.2) is 36.7 Å². The molecule has 1 aliphatic heterocycles. The van der Waals surface area contributed by atoms with Gasteiger partial charge in [0.15, 0.2) is 23.2 Å². The topological polar surface area (TPSA) is 133 Å². The van der Waals surface area contributed by atoms with Crippen LogP contribution < -0.4 is 14.5 Å². The molecule has 0 unspecified atom stereocenters. The molecule has 0 bridgehead atoms. The van der Waals surface area contributed by atoms with Crippen LogP contribution in [0.2, 0.25) is 0 Å². The number of anilines is 1. The number of hydrogen-bond acceptors (Lipinski definition) is 11. The lowest BCUT2D eigenvalue weighted by atomic mass is 9.97. The summed E-state index contributed by atoms with van der Waals surface area (Å²) in [7, 11) is 4.82. The molecule has 0 amide bonds. The number of aliphatic hydroxyl groups excluding tert-OH is 1. The maximum absolute atomic E-state index is 16.2. The number of fused-ring (bicyclic) bond motifs is 1. The van der Waals surface area contributed by atoms with Gasteiger partial charge in [0, 0.05) is 14.1 Å². The van der Waals surface area contributed by atoms with Crippen molar-refractivity contribution in [2.45, 2.75) is 44.0 Å². The second-order valence-electron chi connectivity index (χ2n) is 9.27. The summed E-state index contributed by atoms with van der Waals surface area (Å²) in [6, 6.07) is 7.69. The summed E-state index contributed by atoms with van der Waals surface area (Å²) in [6.45, 7) is -0.661. The number of methoxy groups -OCH3 is 1. The molecule has 1 aromatic carbocycles. The van der Waals surface area contributed by atoms with Crippen molar-refractivity contribution in [3.05, 3.63) is 42.5 Å². The van der Waals surface area contributed by atoms with E-state index in [-0.39, 0.29) is 5.65 Å². The van der Waals surface area contributed by atoms with Crippen molar-refractivity contribution in [2.24, 2.45) is 0 Å². The number of imidazole rings is 1. The molecule has 2 N–H and O–H groups in total. The third-order valence-corrected chi connectivity index (χ3v) is 8.64. The molecule has 0 saturated carbocycles. The average Bonchev–Trinajstić information content (AvgIpc) is 3.45.